The van der Waals surface area contributed by atoms with Crippen molar-refractivity contribution >= 4 is 17.7 Å². The van der Waals surface area contributed by atoms with Crippen molar-refractivity contribution in [3.8, 4) is 0 Å². The molecule has 0 aliphatic carbocycles. The smallest absolute Gasteiger partial charge is 0.335 e. The Bertz CT molecular complexity index is 562. The number of aromatic carboxylic acids is 1. The SMILES string of the molecule is CC(O)C1CCN(C(=O)Nc2ccc(C(=O)O)cc2F)C1. The number of nitrogens with one attached hydrogen (secondary N) is 1. The largest absolute Gasteiger partial charge is 0.478 e. The number of rotatable bonds is 3. The molecule has 1 fully saturated rings. The van der Waals surface area contributed by atoms with Gasteiger partial charge in [-0.15, -0.1) is 0 Å². The van der Waals surface area contributed by atoms with Crippen LogP contribution in [0, 0.1) is 11.7 Å². The third-order valence-electron chi connectivity index (χ3n) is 3.65. The van der Waals surface area contributed by atoms with Gasteiger partial charge in [-0.2, -0.15) is 0 Å². The molecule has 1 aliphatic heterocycles. The number of hydrogen-bond acceptors (Lipinski definition) is 3. The number of benzene rings is 1. The first-order chi connectivity index (χ1) is 9.88. The van der Waals surface area contributed by atoms with Crippen molar-refractivity contribution in [2.75, 3.05) is 18.4 Å². The summed E-state index contributed by atoms with van der Waals surface area (Å²) in [6, 6.07) is 2.85. The van der Waals surface area contributed by atoms with Crippen LogP contribution in [-0.4, -0.2) is 46.3 Å². The molecule has 114 valence electrons. The van der Waals surface area contributed by atoms with Gasteiger partial charge in [0.2, 0.25) is 0 Å². The maximum Gasteiger partial charge on any atom is 0.335 e. The van der Waals surface area contributed by atoms with E-state index in [0.717, 1.165) is 6.07 Å². The molecule has 1 heterocycles. The molecule has 21 heavy (non-hydrogen) atoms. The summed E-state index contributed by atoms with van der Waals surface area (Å²) in [7, 11) is 0. The van der Waals surface area contributed by atoms with E-state index in [9.17, 15) is 19.1 Å². The van der Waals surface area contributed by atoms with Crippen molar-refractivity contribution in [1.82, 2.24) is 4.90 Å². The van der Waals surface area contributed by atoms with Gasteiger partial charge in [0, 0.05) is 19.0 Å². The number of aliphatic hydroxyl groups is 1. The summed E-state index contributed by atoms with van der Waals surface area (Å²) in [6.45, 7) is 2.59. The molecule has 2 unspecified atom stereocenters. The lowest BCUT2D eigenvalue weighted by molar-refractivity contribution is 0.0696. The van der Waals surface area contributed by atoms with Gasteiger partial charge < -0.3 is 20.4 Å². The highest BCUT2D eigenvalue weighted by Gasteiger charge is 2.29. The van der Waals surface area contributed by atoms with E-state index in [0.29, 0.717) is 19.5 Å². The van der Waals surface area contributed by atoms with Gasteiger partial charge in [-0.25, -0.2) is 14.0 Å². The summed E-state index contributed by atoms with van der Waals surface area (Å²) in [5.74, 6) is -2.00. The maximum absolute atomic E-state index is 13.7. The van der Waals surface area contributed by atoms with Crippen LogP contribution < -0.4 is 5.32 Å². The zero-order chi connectivity index (χ0) is 15.6. The van der Waals surface area contributed by atoms with E-state index in [1.165, 1.54) is 17.0 Å². The first kappa shape index (κ1) is 15.2. The highest BCUT2D eigenvalue weighted by atomic mass is 19.1. The Morgan fingerprint density at radius 2 is 2.19 bits per heavy atom. The maximum atomic E-state index is 13.7. The number of carbonyl (C=O) groups excluding carboxylic acids is 1. The summed E-state index contributed by atoms with van der Waals surface area (Å²) in [6.07, 6.45) is 0.209. The lowest BCUT2D eigenvalue weighted by Crippen LogP contribution is -2.34. The van der Waals surface area contributed by atoms with Crippen LogP contribution in [0.15, 0.2) is 18.2 Å². The van der Waals surface area contributed by atoms with E-state index in [-0.39, 0.29) is 17.2 Å². The minimum absolute atomic E-state index is 0.0231. The number of hydrogen-bond donors (Lipinski definition) is 3. The Morgan fingerprint density at radius 3 is 2.71 bits per heavy atom. The van der Waals surface area contributed by atoms with Gasteiger partial charge in [-0.3, -0.25) is 0 Å². The second-order valence-electron chi connectivity index (χ2n) is 5.17. The summed E-state index contributed by atoms with van der Waals surface area (Å²) in [5.41, 5.74) is -0.244. The van der Waals surface area contributed by atoms with Gasteiger partial charge in [0.1, 0.15) is 5.82 Å². The van der Waals surface area contributed by atoms with Crippen molar-refractivity contribution in [2.24, 2.45) is 5.92 Å². The van der Waals surface area contributed by atoms with Gasteiger partial charge >= 0.3 is 12.0 Å². The first-order valence-electron chi connectivity index (χ1n) is 6.65. The normalized spacial score (nSPS) is 19.4. The van der Waals surface area contributed by atoms with E-state index in [4.69, 9.17) is 5.11 Å². The first-order valence-corrected chi connectivity index (χ1v) is 6.65. The van der Waals surface area contributed by atoms with Gasteiger partial charge in [0.25, 0.3) is 0 Å². The van der Waals surface area contributed by atoms with Crippen LogP contribution in [-0.2, 0) is 0 Å². The van der Waals surface area contributed by atoms with Gasteiger partial charge in [0.15, 0.2) is 0 Å². The number of carbonyl (C=O) groups is 2. The fourth-order valence-corrected chi connectivity index (χ4v) is 2.31. The number of likely N-dealkylation sites (tertiary alicyclic amines) is 1. The molecule has 7 heteroatoms. The van der Waals surface area contributed by atoms with Crippen LogP contribution in [0.25, 0.3) is 0 Å². The monoisotopic (exact) mass is 296 g/mol. The lowest BCUT2D eigenvalue weighted by atomic mass is 10.0. The molecule has 1 saturated heterocycles. The van der Waals surface area contributed by atoms with Crippen molar-refractivity contribution in [1.29, 1.82) is 0 Å². The van der Waals surface area contributed by atoms with Crippen molar-refractivity contribution in [2.45, 2.75) is 19.4 Å². The third kappa shape index (κ3) is 3.49. The molecule has 0 bridgehead atoms. The van der Waals surface area contributed by atoms with Crippen molar-refractivity contribution < 1.29 is 24.2 Å². The number of anilines is 1. The third-order valence-corrected chi connectivity index (χ3v) is 3.65. The number of carboxylic acid groups (broad SMARTS) is 1. The topological polar surface area (TPSA) is 89.9 Å². The van der Waals surface area contributed by atoms with Crippen LogP contribution in [0.5, 0.6) is 0 Å². The Labute approximate surface area is 121 Å². The molecule has 0 spiro atoms. The Morgan fingerprint density at radius 1 is 1.48 bits per heavy atom. The predicted molar refractivity (Wildman–Crippen MR) is 73.7 cm³/mol. The second kappa shape index (κ2) is 6.09. The molecule has 0 radical (unpaired) electrons. The number of nitrogens with zero attached hydrogens (tertiary/aromatic N) is 1. The molecule has 2 amide bonds. The van der Waals surface area contributed by atoms with E-state index >= 15 is 0 Å². The zero-order valence-electron chi connectivity index (χ0n) is 11.5. The standard InChI is InChI=1S/C14H17FN2O4/c1-8(18)10-4-5-17(7-10)14(21)16-12-3-2-9(13(19)20)6-11(12)15/h2-3,6,8,10,18H,4-5,7H2,1H3,(H,16,21)(H,19,20). The number of aliphatic hydroxyl groups excluding tert-OH is 1. The van der Waals surface area contributed by atoms with Crippen LogP contribution in [0.1, 0.15) is 23.7 Å². The highest BCUT2D eigenvalue weighted by Crippen LogP contribution is 2.22. The van der Waals surface area contributed by atoms with Gasteiger partial charge in [-0.1, -0.05) is 0 Å². The van der Waals surface area contributed by atoms with E-state index in [2.05, 4.69) is 5.32 Å². The quantitative estimate of drug-likeness (QED) is 0.792. The number of urea groups is 1. The molecule has 0 aromatic heterocycles. The Balaban J connectivity index is 2.02. The van der Waals surface area contributed by atoms with E-state index in [1.54, 1.807) is 6.92 Å². The van der Waals surface area contributed by atoms with Crippen LogP contribution in [0.2, 0.25) is 0 Å². The molecule has 3 N–H and O–H groups in total. The molecule has 1 aromatic carbocycles. The summed E-state index contributed by atoms with van der Waals surface area (Å²) >= 11 is 0. The van der Waals surface area contributed by atoms with Crippen LogP contribution in [0.3, 0.4) is 0 Å². The fraction of sp³-hybridized carbons (Fsp3) is 0.429. The summed E-state index contributed by atoms with van der Waals surface area (Å²) in [5, 5.41) is 20.7. The molecule has 1 aromatic rings. The molecule has 1 aliphatic rings. The molecule has 2 atom stereocenters. The average molecular weight is 296 g/mol. The number of halogens is 1. The van der Waals surface area contributed by atoms with E-state index in [1.807, 2.05) is 0 Å². The predicted octanol–water partition coefficient (Wildman–Crippen LogP) is 1.76. The summed E-state index contributed by atoms with van der Waals surface area (Å²) in [4.78, 5) is 24.2. The van der Waals surface area contributed by atoms with Crippen LogP contribution >= 0.6 is 0 Å². The molecular weight excluding hydrogens is 279 g/mol. The molecule has 2 rings (SSSR count). The highest BCUT2D eigenvalue weighted by molar-refractivity contribution is 5.92. The van der Waals surface area contributed by atoms with Gasteiger partial charge in [0.05, 0.1) is 17.4 Å². The lowest BCUT2D eigenvalue weighted by Gasteiger charge is -2.18. The second-order valence-corrected chi connectivity index (χ2v) is 5.17. The number of amides is 2. The Kier molecular flexibility index (Phi) is 4.42. The average Bonchev–Trinajstić information content (AvgIpc) is 2.90. The van der Waals surface area contributed by atoms with E-state index < -0.39 is 23.9 Å². The molecule has 0 saturated carbocycles. The Hall–Kier alpha value is -2.15. The summed E-state index contributed by atoms with van der Waals surface area (Å²) < 4.78 is 13.7. The fourth-order valence-electron chi connectivity index (χ4n) is 2.31. The number of carboxylic acids is 1. The molecular formula is C14H17FN2O4. The minimum Gasteiger partial charge on any atom is -0.478 e. The van der Waals surface area contributed by atoms with Gasteiger partial charge in [-0.05, 0) is 31.5 Å². The van der Waals surface area contributed by atoms with Crippen molar-refractivity contribution in [3.63, 3.8) is 0 Å². The zero-order valence-corrected chi connectivity index (χ0v) is 11.5. The molecule has 6 nitrogen and oxygen atoms in total. The van der Waals surface area contributed by atoms with Crippen LogP contribution in [0.4, 0.5) is 14.9 Å². The van der Waals surface area contributed by atoms with Crippen molar-refractivity contribution in [3.05, 3.63) is 29.6 Å². The minimum atomic E-state index is -1.23.